The van der Waals surface area contributed by atoms with E-state index in [2.05, 4.69) is 5.32 Å². The third kappa shape index (κ3) is 6.99. The number of carbonyl (C=O) groups excluding carboxylic acids is 2. The van der Waals surface area contributed by atoms with Crippen LogP contribution in [-0.4, -0.2) is 44.3 Å². The molecule has 0 spiro atoms. The third-order valence-electron chi connectivity index (χ3n) is 5.94. The van der Waals surface area contributed by atoms with Crippen LogP contribution in [0.1, 0.15) is 25.0 Å². The number of nitrogens with one attached hydrogen (secondary N) is 1. The van der Waals surface area contributed by atoms with Gasteiger partial charge in [0, 0.05) is 28.2 Å². The van der Waals surface area contributed by atoms with E-state index in [9.17, 15) is 18.0 Å². The molecular weight excluding hydrogens is 569 g/mol. The number of anilines is 1. The molecule has 0 aliphatic heterocycles. The molecule has 3 aromatic carbocycles. The number of sulfonamides is 1. The quantitative estimate of drug-likeness (QED) is 0.325. The molecule has 0 aliphatic carbocycles. The number of benzene rings is 3. The molecule has 1 unspecified atom stereocenters. The van der Waals surface area contributed by atoms with Crippen LogP contribution < -0.4 is 9.62 Å². The van der Waals surface area contributed by atoms with E-state index in [1.54, 1.807) is 63.2 Å². The van der Waals surface area contributed by atoms with Crippen LogP contribution in [0.4, 0.5) is 5.69 Å². The summed E-state index contributed by atoms with van der Waals surface area (Å²) in [5.41, 5.74) is 1.55. The Kier molecular flexibility index (Phi) is 10.1. The summed E-state index contributed by atoms with van der Waals surface area (Å²) >= 11 is 18.4. The summed E-state index contributed by atoms with van der Waals surface area (Å²) < 4.78 is 28.7. The van der Waals surface area contributed by atoms with Crippen LogP contribution >= 0.6 is 34.8 Å². The molecule has 0 saturated heterocycles. The van der Waals surface area contributed by atoms with E-state index in [0.29, 0.717) is 38.4 Å². The molecule has 0 aromatic heterocycles. The Balaban J connectivity index is 2.06. The molecule has 202 valence electrons. The van der Waals surface area contributed by atoms with Gasteiger partial charge in [-0.05, 0) is 74.4 Å². The molecular formula is C27H28Cl3N3O4S. The molecule has 0 aliphatic rings. The topological polar surface area (TPSA) is 86.8 Å². The first-order chi connectivity index (χ1) is 17.9. The van der Waals surface area contributed by atoms with Gasteiger partial charge in [0.15, 0.2) is 0 Å². The molecule has 0 bridgehead atoms. The summed E-state index contributed by atoms with van der Waals surface area (Å²) in [4.78, 5) is 27.9. The predicted octanol–water partition coefficient (Wildman–Crippen LogP) is 5.70. The number of aryl methyl sites for hydroxylation is 1. The number of rotatable bonds is 10. The molecule has 11 heteroatoms. The normalized spacial score (nSPS) is 12.1. The SMILES string of the molecule is CCNC(=O)C(C)N(Cc1ccc(Cl)cc1Cl)C(=O)CN(c1ccccc1C)S(=O)(=O)c1ccc(Cl)cc1. The van der Waals surface area contributed by atoms with E-state index in [0.717, 1.165) is 4.31 Å². The van der Waals surface area contributed by atoms with E-state index in [4.69, 9.17) is 34.8 Å². The van der Waals surface area contributed by atoms with Crippen LogP contribution in [-0.2, 0) is 26.2 Å². The van der Waals surface area contributed by atoms with Crippen LogP contribution in [0.25, 0.3) is 0 Å². The van der Waals surface area contributed by atoms with Gasteiger partial charge in [-0.1, -0.05) is 59.1 Å². The lowest BCUT2D eigenvalue weighted by Gasteiger charge is -2.32. The summed E-state index contributed by atoms with van der Waals surface area (Å²) in [7, 11) is -4.18. The Hall–Kier alpha value is -2.78. The minimum Gasteiger partial charge on any atom is -0.355 e. The van der Waals surface area contributed by atoms with Crippen molar-refractivity contribution in [2.75, 3.05) is 17.4 Å². The van der Waals surface area contributed by atoms with Gasteiger partial charge in [-0.15, -0.1) is 0 Å². The minimum absolute atomic E-state index is 0.0259. The highest BCUT2D eigenvalue weighted by molar-refractivity contribution is 7.92. The first kappa shape index (κ1) is 29.8. The Morgan fingerprint density at radius 2 is 1.58 bits per heavy atom. The molecule has 3 rings (SSSR count). The van der Waals surface area contributed by atoms with Crippen molar-refractivity contribution < 1.29 is 18.0 Å². The standard InChI is InChI=1S/C27H28Cl3N3O4S/c1-4-31-27(35)19(3)32(16-20-9-10-22(29)15-24(20)30)26(34)17-33(25-8-6-5-7-18(25)2)38(36,37)23-13-11-21(28)12-14-23/h5-15,19H,4,16-17H2,1-3H3,(H,31,35). The molecule has 0 saturated carbocycles. The second-order valence-electron chi connectivity index (χ2n) is 8.58. The molecule has 38 heavy (non-hydrogen) atoms. The second-order valence-corrected chi connectivity index (χ2v) is 11.7. The molecule has 0 heterocycles. The molecule has 1 N–H and O–H groups in total. The van der Waals surface area contributed by atoms with Crippen molar-refractivity contribution in [2.24, 2.45) is 0 Å². The number of carbonyl (C=O) groups is 2. The Labute approximate surface area is 238 Å². The van der Waals surface area contributed by atoms with Gasteiger partial charge >= 0.3 is 0 Å². The van der Waals surface area contributed by atoms with Gasteiger partial charge in [-0.25, -0.2) is 8.42 Å². The lowest BCUT2D eigenvalue weighted by Crippen LogP contribution is -2.51. The predicted molar refractivity (Wildman–Crippen MR) is 152 cm³/mol. The van der Waals surface area contributed by atoms with Crippen molar-refractivity contribution >= 4 is 62.3 Å². The van der Waals surface area contributed by atoms with E-state index in [-0.39, 0.29) is 17.3 Å². The molecule has 7 nitrogen and oxygen atoms in total. The fraction of sp³-hybridized carbons (Fsp3) is 0.259. The zero-order chi connectivity index (χ0) is 28.0. The Morgan fingerprint density at radius 3 is 2.18 bits per heavy atom. The minimum atomic E-state index is -4.18. The van der Waals surface area contributed by atoms with Crippen LogP contribution in [0.15, 0.2) is 71.6 Å². The summed E-state index contributed by atoms with van der Waals surface area (Å²) in [5.74, 6) is -0.968. The zero-order valence-corrected chi connectivity index (χ0v) is 24.2. The molecule has 0 radical (unpaired) electrons. The zero-order valence-electron chi connectivity index (χ0n) is 21.1. The van der Waals surface area contributed by atoms with Crippen molar-refractivity contribution in [1.29, 1.82) is 0 Å². The van der Waals surface area contributed by atoms with E-state index in [1.165, 1.54) is 29.2 Å². The Bertz CT molecular complexity index is 1420. The molecule has 1 atom stereocenters. The van der Waals surface area contributed by atoms with Crippen LogP contribution in [0.5, 0.6) is 0 Å². The average Bonchev–Trinajstić information content (AvgIpc) is 2.87. The van der Waals surface area contributed by atoms with Crippen molar-refractivity contribution in [3.8, 4) is 0 Å². The van der Waals surface area contributed by atoms with Gasteiger partial charge < -0.3 is 10.2 Å². The van der Waals surface area contributed by atoms with Crippen molar-refractivity contribution in [2.45, 2.75) is 38.3 Å². The molecule has 0 fully saturated rings. The van der Waals surface area contributed by atoms with Gasteiger partial charge in [0.2, 0.25) is 11.8 Å². The number of hydrogen-bond acceptors (Lipinski definition) is 4. The van der Waals surface area contributed by atoms with Crippen molar-refractivity contribution in [3.63, 3.8) is 0 Å². The summed E-state index contributed by atoms with van der Waals surface area (Å²) in [6, 6.07) is 16.5. The highest BCUT2D eigenvalue weighted by atomic mass is 35.5. The number of likely N-dealkylation sites (N-methyl/N-ethyl adjacent to an activating group) is 1. The van der Waals surface area contributed by atoms with Gasteiger partial charge in [-0.3, -0.25) is 13.9 Å². The molecule has 3 aromatic rings. The fourth-order valence-corrected chi connectivity index (χ4v) is 5.90. The number of amides is 2. The monoisotopic (exact) mass is 595 g/mol. The summed E-state index contributed by atoms with van der Waals surface area (Å²) in [6.45, 7) is 4.89. The highest BCUT2D eigenvalue weighted by Crippen LogP contribution is 2.29. The second kappa shape index (κ2) is 12.8. The lowest BCUT2D eigenvalue weighted by atomic mass is 10.1. The maximum Gasteiger partial charge on any atom is 0.264 e. The first-order valence-electron chi connectivity index (χ1n) is 11.8. The molecule has 2 amide bonds. The van der Waals surface area contributed by atoms with Gasteiger partial charge in [0.1, 0.15) is 12.6 Å². The van der Waals surface area contributed by atoms with Gasteiger partial charge in [0.05, 0.1) is 10.6 Å². The number of halogens is 3. The third-order valence-corrected chi connectivity index (χ3v) is 8.55. The number of hydrogen-bond donors (Lipinski definition) is 1. The van der Waals surface area contributed by atoms with E-state index in [1.807, 2.05) is 0 Å². The maximum atomic E-state index is 13.9. The van der Waals surface area contributed by atoms with Crippen LogP contribution in [0.2, 0.25) is 15.1 Å². The van der Waals surface area contributed by atoms with E-state index < -0.39 is 28.5 Å². The van der Waals surface area contributed by atoms with Crippen LogP contribution in [0.3, 0.4) is 0 Å². The largest absolute Gasteiger partial charge is 0.355 e. The smallest absolute Gasteiger partial charge is 0.264 e. The fourth-order valence-electron chi connectivity index (χ4n) is 3.83. The number of nitrogens with zero attached hydrogens (tertiary/aromatic N) is 2. The van der Waals surface area contributed by atoms with Crippen molar-refractivity contribution in [1.82, 2.24) is 10.2 Å². The van der Waals surface area contributed by atoms with Gasteiger partial charge in [0.25, 0.3) is 10.0 Å². The number of para-hydroxylation sites is 1. The van der Waals surface area contributed by atoms with Gasteiger partial charge in [-0.2, -0.15) is 0 Å². The Morgan fingerprint density at radius 1 is 0.947 bits per heavy atom. The van der Waals surface area contributed by atoms with Crippen LogP contribution in [0, 0.1) is 6.92 Å². The highest BCUT2D eigenvalue weighted by Gasteiger charge is 2.33. The maximum absolute atomic E-state index is 13.9. The summed E-state index contributed by atoms with van der Waals surface area (Å²) in [6.07, 6.45) is 0. The summed E-state index contributed by atoms with van der Waals surface area (Å²) in [5, 5.41) is 3.84. The average molecular weight is 597 g/mol. The van der Waals surface area contributed by atoms with Crippen molar-refractivity contribution in [3.05, 3.63) is 92.9 Å². The lowest BCUT2D eigenvalue weighted by molar-refractivity contribution is -0.139. The first-order valence-corrected chi connectivity index (χ1v) is 14.4. The van der Waals surface area contributed by atoms with E-state index >= 15 is 0 Å².